The van der Waals surface area contributed by atoms with Crippen molar-refractivity contribution in [3.8, 4) is 5.75 Å². The quantitative estimate of drug-likeness (QED) is 0.829. The minimum atomic E-state index is -0.928. The van der Waals surface area contributed by atoms with E-state index in [1.165, 1.54) is 18.2 Å². The molecule has 0 bridgehead atoms. The molecule has 0 aliphatic rings. The third-order valence-electron chi connectivity index (χ3n) is 3.10. The van der Waals surface area contributed by atoms with Crippen molar-refractivity contribution in [2.24, 2.45) is 0 Å². The largest absolute Gasteiger partial charge is 0.491 e. The van der Waals surface area contributed by atoms with E-state index in [2.05, 4.69) is 10.6 Å². The van der Waals surface area contributed by atoms with Crippen LogP contribution in [-0.4, -0.2) is 17.9 Å². The van der Waals surface area contributed by atoms with Gasteiger partial charge in [-0.05, 0) is 32.0 Å². The molecule has 0 heterocycles. The highest BCUT2D eigenvalue weighted by atomic mass is 19.1. The number of amides is 2. The normalized spacial score (nSPS) is 10.3. The smallest absolute Gasteiger partial charge is 0.313 e. The second-order valence-corrected chi connectivity index (χ2v) is 5.39. The number of carbonyl (C=O) groups is 2. The van der Waals surface area contributed by atoms with Crippen molar-refractivity contribution >= 4 is 17.5 Å². The van der Waals surface area contributed by atoms with Gasteiger partial charge in [0.2, 0.25) is 0 Å². The fraction of sp³-hybridized carbons (Fsp3) is 0.222. The van der Waals surface area contributed by atoms with Gasteiger partial charge in [-0.25, -0.2) is 4.39 Å². The van der Waals surface area contributed by atoms with Crippen LogP contribution < -0.4 is 15.4 Å². The van der Waals surface area contributed by atoms with Crippen LogP contribution in [0, 0.1) is 5.82 Å². The number of ether oxygens (including phenoxy) is 1. The second kappa shape index (κ2) is 8.10. The number of carbonyl (C=O) groups excluding carboxylic acids is 2. The summed E-state index contributed by atoms with van der Waals surface area (Å²) in [6.45, 7) is 3.93. The summed E-state index contributed by atoms with van der Waals surface area (Å²) in [7, 11) is 0. The third-order valence-corrected chi connectivity index (χ3v) is 3.10. The van der Waals surface area contributed by atoms with Crippen molar-refractivity contribution in [3.63, 3.8) is 0 Å². The van der Waals surface area contributed by atoms with Gasteiger partial charge in [0.05, 0.1) is 11.8 Å². The van der Waals surface area contributed by atoms with Crippen molar-refractivity contribution in [3.05, 3.63) is 59.9 Å². The highest BCUT2D eigenvalue weighted by molar-refractivity contribution is 6.39. The van der Waals surface area contributed by atoms with Crippen LogP contribution in [0.1, 0.15) is 19.4 Å². The maximum Gasteiger partial charge on any atom is 0.313 e. The Kier molecular flexibility index (Phi) is 5.89. The molecule has 5 nitrogen and oxygen atoms in total. The van der Waals surface area contributed by atoms with E-state index in [1.54, 1.807) is 18.2 Å². The molecule has 2 aromatic rings. The number of hydrogen-bond donors (Lipinski definition) is 2. The van der Waals surface area contributed by atoms with Crippen molar-refractivity contribution in [1.82, 2.24) is 5.32 Å². The molecule has 0 fully saturated rings. The molecule has 0 unspecified atom stereocenters. The molecule has 0 atom stereocenters. The molecular formula is C18H19FN2O3. The van der Waals surface area contributed by atoms with Gasteiger partial charge in [0.1, 0.15) is 11.6 Å². The summed E-state index contributed by atoms with van der Waals surface area (Å²) in [5.41, 5.74) is 0.708. The molecule has 0 aliphatic carbocycles. The Bertz CT molecular complexity index is 732. The number of benzene rings is 2. The lowest BCUT2D eigenvalue weighted by atomic mass is 10.2. The average molecular weight is 330 g/mol. The van der Waals surface area contributed by atoms with Gasteiger partial charge >= 0.3 is 11.8 Å². The molecule has 126 valence electrons. The molecule has 0 aromatic heterocycles. The molecular weight excluding hydrogens is 311 g/mol. The number of para-hydroxylation sites is 2. The van der Waals surface area contributed by atoms with E-state index < -0.39 is 17.6 Å². The van der Waals surface area contributed by atoms with E-state index in [0.29, 0.717) is 5.75 Å². The van der Waals surface area contributed by atoms with Gasteiger partial charge in [-0.1, -0.05) is 30.3 Å². The second-order valence-electron chi connectivity index (χ2n) is 5.39. The lowest BCUT2D eigenvalue weighted by molar-refractivity contribution is -0.136. The highest BCUT2D eigenvalue weighted by Crippen LogP contribution is 2.19. The van der Waals surface area contributed by atoms with E-state index in [-0.39, 0.29) is 18.3 Å². The number of hydrogen-bond acceptors (Lipinski definition) is 3. The minimum absolute atomic E-state index is 0.00814. The Labute approximate surface area is 139 Å². The van der Waals surface area contributed by atoms with E-state index in [4.69, 9.17) is 4.74 Å². The summed E-state index contributed by atoms with van der Waals surface area (Å²) in [4.78, 5) is 23.7. The molecule has 0 radical (unpaired) electrons. The summed E-state index contributed by atoms with van der Waals surface area (Å²) >= 11 is 0. The highest BCUT2D eigenvalue weighted by Gasteiger charge is 2.16. The van der Waals surface area contributed by atoms with Gasteiger partial charge < -0.3 is 15.4 Å². The van der Waals surface area contributed by atoms with Crippen molar-refractivity contribution in [2.75, 3.05) is 5.32 Å². The Morgan fingerprint density at radius 3 is 2.42 bits per heavy atom. The first-order valence-corrected chi connectivity index (χ1v) is 7.55. The first-order chi connectivity index (χ1) is 11.5. The summed E-state index contributed by atoms with van der Waals surface area (Å²) in [6.07, 6.45) is -0.00814. The minimum Gasteiger partial charge on any atom is -0.491 e. The van der Waals surface area contributed by atoms with Crippen LogP contribution in [0.4, 0.5) is 10.1 Å². The Morgan fingerprint density at radius 2 is 1.71 bits per heavy atom. The molecule has 2 amide bonds. The molecule has 2 N–H and O–H groups in total. The van der Waals surface area contributed by atoms with Crippen LogP contribution >= 0.6 is 0 Å². The Morgan fingerprint density at radius 1 is 1.04 bits per heavy atom. The van der Waals surface area contributed by atoms with Crippen LogP contribution in [0.5, 0.6) is 5.75 Å². The predicted octanol–water partition coefficient (Wildman–Crippen LogP) is 2.87. The van der Waals surface area contributed by atoms with E-state index in [0.717, 1.165) is 5.56 Å². The lowest BCUT2D eigenvalue weighted by Crippen LogP contribution is -2.35. The Balaban J connectivity index is 1.96. The predicted molar refractivity (Wildman–Crippen MR) is 89.1 cm³/mol. The maximum absolute atomic E-state index is 13.5. The maximum atomic E-state index is 13.5. The number of halogens is 1. The summed E-state index contributed by atoms with van der Waals surface area (Å²) in [6, 6.07) is 12.9. The summed E-state index contributed by atoms with van der Waals surface area (Å²) in [5.74, 6) is -1.74. The van der Waals surface area contributed by atoms with Gasteiger partial charge in [0.25, 0.3) is 0 Å². The molecule has 0 saturated heterocycles. The van der Waals surface area contributed by atoms with Crippen molar-refractivity contribution in [1.29, 1.82) is 0 Å². The van der Waals surface area contributed by atoms with Gasteiger partial charge in [-0.3, -0.25) is 9.59 Å². The molecule has 6 heteroatoms. The molecule has 2 rings (SSSR count). The van der Waals surface area contributed by atoms with E-state index in [9.17, 15) is 14.0 Å². The SMILES string of the molecule is CC(C)Oc1ccccc1CNC(=O)C(=O)Nc1ccccc1F. The van der Waals surface area contributed by atoms with Gasteiger partial charge in [-0.2, -0.15) is 0 Å². The zero-order valence-corrected chi connectivity index (χ0v) is 13.5. The first kappa shape index (κ1) is 17.5. The van der Waals surface area contributed by atoms with Crippen LogP contribution in [-0.2, 0) is 16.1 Å². The monoisotopic (exact) mass is 330 g/mol. The standard InChI is InChI=1S/C18H19FN2O3/c1-12(2)24-16-10-6-3-7-13(16)11-20-17(22)18(23)21-15-9-5-4-8-14(15)19/h3-10,12H,11H2,1-2H3,(H,20,22)(H,21,23). The van der Waals surface area contributed by atoms with Crippen LogP contribution in [0.3, 0.4) is 0 Å². The molecule has 0 saturated carbocycles. The molecule has 0 aliphatic heterocycles. The summed E-state index contributed by atoms with van der Waals surface area (Å²) < 4.78 is 19.1. The molecule has 2 aromatic carbocycles. The van der Waals surface area contributed by atoms with Gasteiger partial charge in [0, 0.05) is 12.1 Å². The molecule has 24 heavy (non-hydrogen) atoms. The van der Waals surface area contributed by atoms with Crippen molar-refractivity contribution in [2.45, 2.75) is 26.5 Å². The van der Waals surface area contributed by atoms with Crippen LogP contribution in [0.25, 0.3) is 0 Å². The van der Waals surface area contributed by atoms with E-state index >= 15 is 0 Å². The molecule has 0 spiro atoms. The Hall–Kier alpha value is -2.89. The first-order valence-electron chi connectivity index (χ1n) is 7.55. The fourth-order valence-corrected chi connectivity index (χ4v) is 2.02. The summed E-state index contributed by atoms with van der Waals surface area (Å²) in [5, 5.41) is 4.73. The zero-order chi connectivity index (χ0) is 17.5. The van der Waals surface area contributed by atoms with Crippen molar-refractivity contribution < 1.29 is 18.7 Å². The number of rotatable bonds is 5. The zero-order valence-electron chi connectivity index (χ0n) is 13.5. The van der Waals surface area contributed by atoms with Gasteiger partial charge in [-0.15, -0.1) is 0 Å². The van der Waals surface area contributed by atoms with Gasteiger partial charge in [0.15, 0.2) is 0 Å². The number of anilines is 1. The van der Waals surface area contributed by atoms with Crippen LogP contribution in [0.2, 0.25) is 0 Å². The average Bonchev–Trinajstić information content (AvgIpc) is 2.55. The fourth-order valence-electron chi connectivity index (χ4n) is 2.02. The lowest BCUT2D eigenvalue weighted by Gasteiger charge is -2.14. The number of nitrogens with one attached hydrogen (secondary N) is 2. The third kappa shape index (κ3) is 4.81. The van der Waals surface area contributed by atoms with Crippen LogP contribution in [0.15, 0.2) is 48.5 Å². The topological polar surface area (TPSA) is 67.4 Å². The van der Waals surface area contributed by atoms with E-state index in [1.807, 2.05) is 26.0 Å².